The van der Waals surface area contributed by atoms with Gasteiger partial charge in [-0.2, -0.15) is 4.98 Å². The van der Waals surface area contributed by atoms with E-state index < -0.39 is 0 Å². The van der Waals surface area contributed by atoms with Gasteiger partial charge in [0.1, 0.15) is 0 Å². The highest BCUT2D eigenvalue weighted by atomic mass is 16.5. The molecule has 0 spiro atoms. The maximum absolute atomic E-state index is 5.13. The molecule has 1 aromatic heterocycles. The first-order valence-corrected chi connectivity index (χ1v) is 7.64. The van der Waals surface area contributed by atoms with Crippen LogP contribution in [0.2, 0.25) is 0 Å². The van der Waals surface area contributed by atoms with Gasteiger partial charge in [0, 0.05) is 37.9 Å². The average molecular weight is 298 g/mol. The highest BCUT2D eigenvalue weighted by molar-refractivity contribution is 5.29. The fourth-order valence-corrected chi connectivity index (χ4v) is 2.75. The Balaban J connectivity index is 1.54. The topological polar surface area (TPSA) is 50.3 Å². The summed E-state index contributed by atoms with van der Waals surface area (Å²) >= 11 is 0. The Kier molecular flexibility index (Phi) is 4.53. The first kappa shape index (κ1) is 14.8. The van der Waals surface area contributed by atoms with Crippen LogP contribution in [-0.2, 0) is 6.54 Å². The maximum atomic E-state index is 5.13. The first-order valence-electron chi connectivity index (χ1n) is 7.64. The number of ether oxygens (including phenoxy) is 1. The van der Waals surface area contributed by atoms with E-state index in [-0.39, 0.29) is 0 Å². The van der Waals surface area contributed by atoms with E-state index >= 15 is 0 Å². The van der Waals surface area contributed by atoms with Crippen molar-refractivity contribution in [3.8, 4) is 5.88 Å². The zero-order valence-corrected chi connectivity index (χ0v) is 13.1. The summed E-state index contributed by atoms with van der Waals surface area (Å²) in [7, 11) is 1.62. The molecule has 5 nitrogen and oxygen atoms in total. The smallest absolute Gasteiger partial charge is 0.226 e. The Hall–Kier alpha value is -2.14. The van der Waals surface area contributed by atoms with Crippen LogP contribution in [0.4, 0.5) is 5.95 Å². The van der Waals surface area contributed by atoms with E-state index in [0.717, 1.165) is 26.1 Å². The molecule has 3 rings (SSSR count). The predicted molar refractivity (Wildman–Crippen MR) is 87.1 cm³/mol. The summed E-state index contributed by atoms with van der Waals surface area (Å²) in [6.07, 6.45) is 2.82. The zero-order chi connectivity index (χ0) is 15.4. The molecule has 2 aromatic rings. The largest absolute Gasteiger partial charge is 0.481 e. The highest BCUT2D eigenvalue weighted by Crippen LogP contribution is 2.17. The van der Waals surface area contributed by atoms with Crippen LogP contribution in [0.25, 0.3) is 0 Å². The lowest BCUT2D eigenvalue weighted by Gasteiger charge is -2.17. The molecule has 2 heterocycles. The van der Waals surface area contributed by atoms with E-state index in [9.17, 15) is 0 Å². The van der Waals surface area contributed by atoms with Crippen molar-refractivity contribution in [2.24, 2.45) is 0 Å². The Bertz CT molecular complexity index is 614. The number of rotatable bonds is 5. The lowest BCUT2D eigenvalue weighted by molar-refractivity contribution is 0.328. The molecule has 1 saturated heterocycles. The molecule has 0 bridgehead atoms. The van der Waals surface area contributed by atoms with Gasteiger partial charge in [-0.05, 0) is 18.9 Å². The number of nitrogens with zero attached hydrogens (tertiary/aromatic N) is 3. The molecular formula is C17H22N4O. The molecule has 22 heavy (non-hydrogen) atoms. The summed E-state index contributed by atoms with van der Waals surface area (Å²) in [6, 6.07) is 10.9. The summed E-state index contributed by atoms with van der Waals surface area (Å²) in [4.78, 5) is 11.0. The molecule has 5 heteroatoms. The number of benzene rings is 1. The molecule has 1 aliphatic heterocycles. The number of aryl methyl sites for hydroxylation is 1. The third-order valence-electron chi connectivity index (χ3n) is 3.97. The second-order valence-corrected chi connectivity index (χ2v) is 5.77. The number of nitrogens with one attached hydrogen (secondary N) is 1. The van der Waals surface area contributed by atoms with Crippen LogP contribution in [0, 0.1) is 6.92 Å². The standard InChI is InChI=1S/C17H22N4O/c1-13-3-5-14(6-4-13)11-21-10-8-15(12-21)19-17-18-9-7-16(20-17)22-2/h3-7,9,15H,8,10-12H2,1-2H3,(H,18,19,20). The molecule has 1 atom stereocenters. The molecule has 0 amide bonds. The van der Waals surface area contributed by atoms with Gasteiger partial charge in [0.15, 0.2) is 0 Å². The minimum atomic E-state index is 0.387. The summed E-state index contributed by atoms with van der Waals surface area (Å²) in [5.74, 6) is 1.23. The lowest BCUT2D eigenvalue weighted by Crippen LogP contribution is -2.26. The monoisotopic (exact) mass is 298 g/mol. The van der Waals surface area contributed by atoms with Gasteiger partial charge in [0.2, 0.25) is 11.8 Å². The van der Waals surface area contributed by atoms with Crippen molar-refractivity contribution >= 4 is 5.95 Å². The summed E-state index contributed by atoms with van der Waals surface area (Å²) in [6.45, 7) is 5.22. The molecule has 1 aromatic carbocycles. The molecule has 1 aliphatic rings. The number of hydrogen-bond donors (Lipinski definition) is 1. The van der Waals surface area contributed by atoms with Crippen LogP contribution in [-0.4, -0.2) is 41.1 Å². The maximum Gasteiger partial charge on any atom is 0.226 e. The fourth-order valence-electron chi connectivity index (χ4n) is 2.75. The number of hydrogen-bond acceptors (Lipinski definition) is 5. The first-order chi connectivity index (χ1) is 10.7. The minimum Gasteiger partial charge on any atom is -0.481 e. The molecule has 1 N–H and O–H groups in total. The van der Waals surface area contributed by atoms with Crippen molar-refractivity contribution in [1.29, 1.82) is 0 Å². The van der Waals surface area contributed by atoms with Gasteiger partial charge in [-0.3, -0.25) is 4.90 Å². The van der Waals surface area contributed by atoms with Crippen molar-refractivity contribution in [3.63, 3.8) is 0 Å². The van der Waals surface area contributed by atoms with E-state index in [1.165, 1.54) is 11.1 Å². The van der Waals surface area contributed by atoms with Gasteiger partial charge in [0.25, 0.3) is 0 Å². The van der Waals surface area contributed by atoms with E-state index in [4.69, 9.17) is 4.74 Å². The molecule has 0 radical (unpaired) electrons. The zero-order valence-electron chi connectivity index (χ0n) is 13.1. The van der Waals surface area contributed by atoms with E-state index in [1.54, 1.807) is 19.4 Å². The normalized spacial score (nSPS) is 18.4. The highest BCUT2D eigenvalue weighted by Gasteiger charge is 2.23. The second-order valence-electron chi connectivity index (χ2n) is 5.77. The molecule has 0 aliphatic carbocycles. The number of aromatic nitrogens is 2. The van der Waals surface area contributed by atoms with Crippen LogP contribution in [0.1, 0.15) is 17.5 Å². The number of anilines is 1. The van der Waals surface area contributed by atoms with E-state index in [1.807, 2.05) is 0 Å². The van der Waals surface area contributed by atoms with Crippen LogP contribution in [0.3, 0.4) is 0 Å². The Labute approximate surface area is 131 Å². The quantitative estimate of drug-likeness (QED) is 0.919. The Morgan fingerprint density at radius 3 is 2.86 bits per heavy atom. The third kappa shape index (κ3) is 3.74. The summed E-state index contributed by atoms with van der Waals surface area (Å²) < 4.78 is 5.13. The SMILES string of the molecule is COc1ccnc(NC2CCN(Cc3ccc(C)cc3)C2)n1. The minimum absolute atomic E-state index is 0.387. The lowest BCUT2D eigenvalue weighted by atomic mass is 10.1. The predicted octanol–water partition coefficient (Wildman–Crippen LogP) is 2.48. The van der Waals surface area contributed by atoms with Crippen molar-refractivity contribution in [3.05, 3.63) is 47.7 Å². The summed E-state index contributed by atoms with van der Waals surface area (Å²) in [5, 5.41) is 3.40. The Morgan fingerprint density at radius 2 is 2.09 bits per heavy atom. The van der Waals surface area contributed by atoms with Crippen LogP contribution in [0.5, 0.6) is 5.88 Å². The van der Waals surface area contributed by atoms with Crippen molar-refractivity contribution in [2.45, 2.75) is 25.9 Å². The van der Waals surface area contributed by atoms with E-state index in [2.05, 4.69) is 51.4 Å². The van der Waals surface area contributed by atoms with Gasteiger partial charge in [-0.15, -0.1) is 0 Å². The Morgan fingerprint density at radius 1 is 1.27 bits per heavy atom. The van der Waals surface area contributed by atoms with Gasteiger partial charge in [-0.25, -0.2) is 4.98 Å². The average Bonchev–Trinajstić information content (AvgIpc) is 2.97. The van der Waals surface area contributed by atoms with Crippen molar-refractivity contribution < 1.29 is 4.74 Å². The van der Waals surface area contributed by atoms with Crippen molar-refractivity contribution in [1.82, 2.24) is 14.9 Å². The molecule has 1 fully saturated rings. The number of likely N-dealkylation sites (tertiary alicyclic amines) is 1. The molecular weight excluding hydrogens is 276 g/mol. The van der Waals surface area contributed by atoms with Gasteiger partial charge >= 0.3 is 0 Å². The molecule has 116 valence electrons. The third-order valence-corrected chi connectivity index (χ3v) is 3.97. The van der Waals surface area contributed by atoms with Gasteiger partial charge in [-0.1, -0.05) is 29.8 Å². The molecule has 1 unspecified atom stereocenters. The van der Waals surface area contributed by atoms with E-state index in [0.29, 0.717) is 17.9 Å². The summed E-state index contributed by atoms with van der Waals surface area (Å²) in [5.41, 5.74) is 2.67. The van der Waals surface area contributed by atoms with Crippen LogP contribution >= 0.6 is 0 Å². The van der Waals surface area contributed by atoms with Crippen molar-refractivity contribution in [2.75, 3.05) is 25.5 Å². The van der Waals surface area contributed by atoms with Gasteiger partial charge in [0.05, 0.1) is 7.11 Å². The van der Waals surface area contributed by atoms with Gasteiger partial charge < -0.3 is 10.1 Å². The van der Waals surface area contributed by atoms with Crippen LogP contribution < -0.4 is 10.1 Å². The molecule has 0 saturated carbocycles. The fraction of sp³-hybridized carbons (Fsp3) is 0.412. The second kappa shape index (κ2) is 6.75. The number of methoxy groups -OCH3 is 1. The van der Waals surface area contributed by atoms with Crippen LogP contribution in [0.15, 0.2) is 36.5 Å².